The first-order chi connectivity index (χ1) is 14.0. The summed E-state index contributed by atoms with van der Waals surface area (Å²) in [6, 6.07) is 17.9. The molecule has 1 aromatic heterocycles. The minimum Gasteiger partial charge on any atom is -0.496 e. The van der Waals surface area contributed by atoms with Crippen LogP contribution >= 0.6 is 0 Å². The van der Waals surface area contributed by atoms with E-state index in [4.69, 9.17) is 4.74 Å². The Hall–Kier alpha value is -3.85. The number of benzene rings is 2. The van der Waals surface area contributed by atoms with E-state index in [1.807, 2.05) is 36.4 Å². The highest BCUT2D eigenvalue weighted by Crippen LogP contribution is 2.28. The first-order valence-electron chi connectivity index (χ1n) is 9.07. The molecule has 3 aromatic rings. The normalized spacial score (nSPS) is 10.4. The Bertz CT molecular complexity index is 1160. The molecule has 0 radical (unpaired) electrons. The number of carbonyl (C=O) groups excluding carboxylic acids is 1. The topological polar surface area (TPSA) is 92.3 Å². The van der Waals surface area contributed by atoms with Gasteiger partial charge in [-0.2, -0.15) is 5.26 Å². The molecule has 3 rings (SSSR count). The zero-order chi connectivity index (χ0) is 21.0. The van der Waals surface area contributed by atoms with Gasteiger partial charge in [-0.25, -0.2) is 0 Å². The number of methoxy groups -OCH3 is 1. The summed E-state index contributed by atoms with van der Waals surface area (Å²) >= 11 is 0. The van der Waals surface area contributed by atoms with Crippen LogP contribution in [0.3, 0.4) is 0 Å². The predicted octanol–water partition coefficient (Wildman–Crippen LogP) is 3.22. The lowest BCUT2D eigenvalue weighted by molar-refractivity contribution is 0.103. The Labute approximate surface area is 168 Å². The van der Waals surface area contributed by atoms with Crippen molar-refractivity contribution >= 4 is 5.78 Å². The third kappa shape index (κ3) is 3.76. The second-order valence-electron chi connectivity index (χ2n) is 6.53. The molecular weight excluding hydrogens is 368 g/mol. The quantitative estimate of drug-likeness (QED) is 0.655. The second-order valence-corrected chi connectivity index (χ2v) is 6.53. The van der Waals surface area contributed by atoms with Gasteiger partial charge in [-0.1, -0.05) is 42.5 Å². The van der Waals surface area contributed by atoms with Crippen LogP contribution in [0.5, 0.6) is 11.6 Å². The Morgan fingerprint density at radius 1 is 1.14 bits per heavy atom. The number of aryl methyl sites for hydroxylation is 1. The van der Waals surface area contributed by atoms with Crippen LogP contribution in [0.1, 0.15) is 32.6 Å². The van der Waals surface area contributed by atoms with Crippen LogP contribution in [-0.4, -0.2) is 22.6 Å². The molecule has 0 bridgehead atoms. The highest BCUT2D eigenvalue weighted by molar-refractivity contribution is 6.13. The number of nitrogens with zero attached hydrogens (tertiary/aromatic N) is 2. The molecule has 1 heterocycles. The van der Waals surface area contributed by atoms with Crippen molar-refractivity contribution in [3.8, 4) is 17.7 Å². The van der Waals surface area contributed by atoms with Crippen molar-refractivity contribution in [1.29, 1.82) is 5.26 Å². The summed E-state index contributed by atoms with van der Waals surface area (Å²) < 4.78 is 6.33. The van der Waals surface area contributed by atoms with Crippen LogP contribution < -0.4 is 10.3 Å². The maximum atomic E-state index is 13.2. The van der Waals surface area contributed by atoms with Crippen molar-refractivity contribution in [2.24, 2.45) is 0 Å². The Kier molecular flexibility index (Phi) is 5.79. The number of ether oxygens (including phenoxy) is 1. The fourth-order valence-corrected chi connectivity index (χ4v) is 3.28. The summed E-state index contributed by atoms with van der Waals surface area (Å²) in [6.45, 7) is 1.62. The van der Waals surface area contributed by atoms with Crippen LogP contribution in [0.25, 0.3) is 0 Å². The zero-order valence-corrected chi connectivity index (χ0v) is 16.2. The molecule has 0 atom stereocenters. The molecule has 29 heavy (non-hydrogen) atoms. The highest BCUT2D eigenvalue weighted by Gasteiger charge is 2.26. The summed E-state index contributed by atoms with van der Waals surface area (Å²) in [5.74, 6) is -0.613. The fourth-order valence-electron chi connectivity index (χ4n) is 3.28. The third-order valence-corrected chi connectivity index (χ3v) is 4.85. The van der Waals surface area contributed by atoms with Crippen LogP contribution in [0.2, 0.25) is 0 Å². The van der Waals surface area contributed by atoms with Gasteiger partial charge < -0.3 is 9.84 Å². The molecule has 0 unspecified atom stereocenters. The van der Waals surface area contributed by atoms with E-state index in [-0.39, 0.29) is 28.8 Å². The number of aromatic nitrogens is 1. The first-order valence-corrected chi connectivity index (χ1v) is 9.07. The number of hydrogen-bond acceptors (Lipinski definition) is 5. The molecular formula is C23H20N2O4. The van der Waals surface area contributed by atoms with Crippen LogP contribution in [0.15, 0.2) is 59.4 Å². The summed E-state index contributed by atoms with van der Waals surface area (Å²) in [6.07, 6.45) is 0.463. The summed E-state index contributed by atoms with van der Waals surface area (Å²) in [7, 11) is 1.44. The van der Waals surface area contributed by atoms with Gasteiger partial charge in [-0.3, -0.25) is 14.2 Å². The molecule has 0 fully saturated rings. The smallest absolute Gasteiger partial charge is 0.271 e. The van der Waals surface area contributed by atoms with Crippen molar-refractivity contribution in [2.75, 3.05) is 7.11 Å². The number of pyridine rings is 1. The van der Waals surface area contributed by atoms with Gasteiger partial charge in [0, 0.05) is 6.54 Å². The summed E-state index contributed by atoms with van der Waals surface area (Å²) in [4.78, 5) is 26.0. The standard InChI is InChI=1S/C23H20N2O4/c1-15-18(14-24)22(27)25(13-12-16-8-4-3-5-9-16)23(28)20(15)21(26)17-10-6-7-11-19(17)29-2/h3-11,28H,12-13H2,1-2H3. The van der Waals surface area contributed by atoms with E-state index >= 15 is 0 Å². The molecule has 6 heteroatoms. The van der Waals surface area contributed by atoms with E-state index < -0.39 is 17.2 Å². The van der Waals surface area contributed by atoms with Crippen molar-refractivity contribution in [3.05, 3.63) is 92.8 Å². The molecule has 1 N–H and O–H groups in total. The van der Waals surface area contributed by atoms with E-state index in [0.717, 1.165) is 10.1 Å². The van der Waals surface area contributed by atoms with Gasteiger partial charge in [-0.15, -0.1) is 0 Å². The van der Waals surface area contributed by atoms with Crippen molar-refractivity contribution in [3.63, 3.8) is 0 Å². The Morgan fingerprint density at radius 3 is 2.45 bits per heavy atom. The maximum Gasteiger partial charge on any atom is 0.271 e. The molecule has 0 amide bonds. The molecule has 0 aliphatic rings. The average molecular weight is 388 g/mol. The van der Waals surface area contributed by atoms with Gasteiger partial charge in [0.1, 0.15) is 17.4 Å². The van der Waals surface area contributed by atoms with Crippen LogP contribution in [0.4, 0.5) is 0 Å². The number of aromatic hydroxyl groups is 1. The van der Waals surface area contributed by atoms with E-state index in [1.54, 1.807) is 24.3 Å². The first kappa shape index (κ1) is 19.9. The number of hydrogen-bond donors (Lipinski definition) is 1. The minimum atomic E-state index is -0.616. The zero-order valence-electron chi connectivity index (χ0n) is 16.2. The number of nitriles is 1. The van der Waals surface area contributed by atoms with Gasteiger partial charge in [-0.05, 0) is 36.6 Å². The summed E-state index contributed by atoms with van der Waals surface area (Å²) in [5, 5.41) is 20.3. The van der Waals surface area contributed by atoms with Gasteiger partial charge in [0.05, 0.1) is 18.2 Å². The molecule has 0 aliphatic heterocycles. The van der Waals surface area contributed by atoms with Gasteiger partial charge >= 0.3 is 0 Å². The minimum absolute atomic E-state index is 0.0706. The lowest BCUT2D eigenvalue weighted by atomic mass is 9.96. The summed E-state index contributed by atoms with van der Waals surface area (Å²) in [5.41, 5.74) is 0.519. The largest absolute Gasteiger partial charge is 0.496 e. The molecule has 0 aliphatic carbocycles. The SMILES string of the molecule is COc1ccccc1C(=O)c1c(C)c(C#N)c(=O)n(CCc2ccccc2)c1O. The Balaban J connectivity index is 2.13. The number of carbonyl (C=O) groups is 1. The third-order valence-electron chi connectivity index (χ3n) is 4.85. The predicted molar refractivity (Wildman–Crippen MR) is 108 cm³/mol. The van der Waals surface area contributed by atoms with Crippen molar-refractivity contribution < 1.29 is 14.6 Å². The van der Waals surface area contributed by atoms with E-state index in [1.165, 1.54) is 14.0 Å². The van der Waals surface area contributed by atoms with E-state index in [0.29, 0.717) is 12.2 Å². The van der Waals surface area contributed by atoms with E-state index in [2.05, 4.69) is 0 Å². The van der Waals surface area contributed by atoms with E-state index in [9.17, 15) is 20.0 Å². The van der Waals surface area contributed by atoms with Gasteiger partial charge in [0.15, 0.2) is 0 Å². The number of para-hydroxylation sites is 1. The monoisotopic (exact) mass is 388 g/mol. The van der Waals surface area contributed by atoms with Crippen LogP contribution in [-0.2, 0) is 13.0 Å². The molecule has 2 aromatic carbocycles. The number of ketones is 1. The lowest BCUT2D eigenvalue weighted by Gasteiger charge is -2.16. The van der Waals surface area contributed by atoms with Crippen LogP contribution in [0, 0.1) is 18.3 Å². The molecule has 6 nitrogen and oxygen atoms in total. The average Bonchev–Trinajstić information content (AvgIpc) is 2.74. The van der Waals surface area contributed by atoms with Crippen molar-refractivity contribution in [1.82, 2.24) is 4.57 Å². The highest BCUT2D eigenvalue weighted by atomic mass is 16.5. The second kappa shape index (κ2) is 8.44. The molecule has 146 valence electrons. The molecule has 0 saturated heterocycles. The maximum absolute atomic E-state index is 13.2. The Morgan fingerprint density at radius 2 is 1.79 bits per heavy atom. The fraction of sp³-hybridized carbons (Fsp3) is 0.174. The molecule has 0 spiro atoms. The lowest BCUT2D eigenvalue weighted by Crippen LogP contribution is -2.27. The van der Waals surface area contributed by atoms with Gasteiger partial charge in [0.2, 0.25) is 11.7 Å². The number of rotatable bonds is 6. The molecule has 0 saturated carbocycles. The van der Waals surface area contributed by atoms with Crippen molar-refractivity contribution in [2.45, 2.75) is 19.9 Å². The van der Waals surface area contributed by atoms with Gasteiger partial charge in [0.25, 0.3) is 5.56 Å².